The summed E-state index contributed by atoms with van der Waals surface area (Å²) in [7, 11) is 0. The zero-order valence-corrected chi connectivity index (χ0v) is 22.5. The maximum Gasteiger partial charge on any atom is 0.270 e. The van der Waals surface area contributed by atoms with Crippen LogP contribution in [0.1, 0.15) is 55.1 Å². The number of furan rings is 1. The van der Waals surface area contributed by atoms with E-state index in [1.807, 2.05) is 24.3 Å². The lowest BCUT2D eigenvalue weighted by Gasteiger charge is -2.33. The van der Waals surface area contributed by atoms with Gasteiger partial charge in [-0.05, 0) is 48.4 Å². The summed E-state index contributed by atoms with van der Waals surface area (Å²) in [5.41, 5.74) is 4.85. The van der Waals surface area contributed by atoms with E-state index in [1.54, 1.807) is 12.1 Å². The van der Waals surface area contributed by atoms with Crippen molar-refractivity contribution in [1.29, 1.82) is 0 Å². The number of nitro benzene ring substituents is 1. The molecule has 39 heavy (non-hydrogen) atoms. The van der Waals surface area contributed by atoms with Crippen LogP contribution >= 0.6 is 0 Å². The van der Waals surface area contributed by atoms with Crippen molar-refractivity contribution >= 4 is 22.2 Å². The average Bonchev–Trinajstić information content (AvgIpc) is 3.32. The maximum absolute atomic E-state index is 11.3. The van der Waals surface area contributed by atoms with Gasteiger partial charge in [-0.25, -0.2) is 0 Å². The minimum absolute atomic E-state index is 0.0984. The van der Waals surface area contributed by atoms with Gasteiger partial charge in [0.25, 0.3) is 5.69 Å². The maximum atomic E-state index is 11.3. The van der Waals surface area contributed by atoms with Gasteiger partial charge in [0.15, 0.2) is 0 Å². The Hall–Kier alpha value is -3.96. The third kappa shape index (κ3) is 6.37. The van der Waals surface area contributed by atoms with E-state index in [2.05, 4.69) is 61.5 Å². The first-order valence-electron chi connectivity index (χ1n) is 13.9. The van der Waals surface area contributed by atoms with Crippen LogP contribution in [0.3, 0.4) is 0 Å². The van der Waals surface area contributed by atoms with Crippen molar-refractivity contribution in [3.05, 3.63) is 130 Å². The highest BCUT2D eigenvalue weighted by Gasteiger charge is 2.33. The van der Waals surface area contributed by atoms with E-state index in [0.29, 0.717) is 19.4 Å². The minimum Gasteiger partial charge on any atom is -0.461 e. The highest BCUT2D eigenvalue weighted by Crippen LogP contribution is 2.37. The summed E-state index contributed by atoms with van der Waals surface area (Å²) in [4.78, 5) is 11.0. The lowest BCUT2D eigenvalue weighted by Crippen LogP contribution is -2.34. The van der Waals surface area contributed by atoms with Crippen LogP contribution in [0.15, 0.2) is 102 Å². The van der Waals surface area contributed by atoms with Crippen molar-refractivity contribution in [1.82, 2.24) is 0 Å². The van der Waals surface area contributed by atoms with Crippen molar-refractivity contribution in [3.8, 4) is 0 Å². The molecule has 0 amide bonds. The molecular formula is C34H35NO4. The number of rotatable bonds is 12. The Balaban J connectivity index is 1.41. The molecule has 0 fully saturated rings. The fraction of sp³-hybridized carbons (Fsp3) is 0.294. The molecule has 200 valence electrons. The lowest BCUT2D eigenvalue weighted by atomic mass is 9.83. The fourth-order valence-corrected chi connectivity index (χ4v) is 5.34. The molecule has 5 heteroatoms. The molecule has 3 aromatic carbocycles. The Morgan fingerprint density at radius 3 is 2.56 bits per heavy atom. The van der Waals surface area contributed by atoms with Crippen LogP contribution in [0.4, 0.5) is 5.69 Å². The number of hydrogen-bond acceptors (Lipinski definition) is 4. The number of nitro groups is 1. The zero-order valence-electron chi connectivity index (χ0n) is 22.5. The number of para-hydroxylation sites is 1. The van der Waals surface area contributed by atoms with Crippen molar-refractivity contribution in [2.45, 2.75) is 57.5 Å². The third-order valence-electron chi connectivity index (χ3n) is 7.48. The van der Waals surface area contributed by atoms with Gasteiger partial charge in [-0.1, -0.05) is 92.2 Å². The molecule has 0 radical (unpaired) electrons. The Bertz CT molecular complexity index is 1480. The zero-order chi connectivity index (χ0) is 27.1. The van der Waals surface area contributed by atoms with E-state index in [4.69, 9.17) is 9.15 Å². The third-order valence-corrected chi connectivity index (χ3v) is 7.48. The molecule has 1 aliphatic carbocycles. The molecule has 0 aliphatic heterocycles. The topological polar surface area (TPSA) is 65.5 Å². The summed E-state index contributed by atoms with van der Waals surface area (Å²) in [5.74, 6) is 1.05. The van der Waals surface area contributed by atoms with Gasteiger partial charge < -0.3 is 9.15 Å². The average molecular weight is 522 g/mol. The molecule has 4 aromatic rings. The van der Waals surface area contributed by atoms with E-state index in [9.17, 15) is 10.1 Å². The lowest BCUT2D eigenvalue weighted by molar-refractivity contribution is -0.384. The molecule has 1 atom stereocenters. The second-order valence-electron chi connectivity index (χ2n) is 10.3. The normalized spacial score (nSPS) is 16.9. The molecule has 0 bridgehead atoms. The van der Waals surface area contributed by atoms with Crippen molar-refractivity contribution in [3.63, 3.8) is 0 Å². The summed E-state index contributed by atoms with van der Waals surface area (Å²) >= 11 is 0. The van der Waals surface area contributed by atoms with Gasteiger partial charge in [-0.2, -0.15) is 0 Å². The highest BCUT2D eigenvalue weighted by molar-refractivity contribution is 5.83. The van der Waals surface area contributed by atoms with Crippen LogP contribution in [0.2, 0.25) is 0 Å². The van der Waals surface area contributed by atoms with E-state index < -0.39 is 5.60 Å². The second-order valence-corrected chi connectivity index (χ2v) is 10.3. The van der Waals surface area contributed by atoms with Gasteiger partial charge >= 0.3 is 0 Å². The second kappa shape index (κ2) is 12.3. The van der Waals surface area contributed by atoms with E-state index >= 15 is 0 Å². The van der Waals surface area contributed by atoms with E-state index in [-0.39, 0.29) is 10.6 Å². The van der Waals surface area contributed by atoms with Crippen molar-refractivity contribution < 1.29 is 14.1 Å². The SMILES string of the molecule is CCCCc1oc2ccccc2c1CC1(OCCCc2ccccc2)C=CC(c2cccc([N+](=O)[O-])c2)=CC1. The number of unbranched alkanes of at least 4 members (excludes halogenated alkanes) is 1. The highest BCUT2D eigenvalue weighted by atomic mass is 16.6. The number of nitrogens with zero attached hydrogens (tertiary/aromatic N) is 1. The van der Waals surface area contributed by atoms with Gasteiger partial charge in [-0.15, -0.1) is 0 Å². The van der Waals surface area contributed by atoms with Crippen LogP contribution in [-0.4, -0.2) is 17.1 Å². The number of aryl methyl sites for hydroxylation is 2. The van der Waals surface area contributed by atoms with E-state index in [1.165, 1.54) is 17.2 Å². The molecule has 0 saturated carbocycles. The molecule has 1 heterocycles. The van der Waals surface area contributed by atoms with Gasteiger partial charge in [0.1, 0.15) is 11.3 Å². The van der Waals surface area contributed by atoms with Crippen LogP contribution in [0, 0.1) is 10.1 Å². The number of hydrogen-bond donors (Lipinski definition) is 0. The van der Waals surface area contributed by atoms with Gasteiger partial charge in [0.2, 0.25) is 0 Å². The van der Waals surface area contributed by atoms with Crippen LogP contribution in [0.25, 0.3) is 16.5 Å². The summed E-state index contributed by atoms with van der Waals surface area (Å²) in [5, 5.41) is 12.5. The van der Waals surface area contributed by atoms with Crippen LogP contribution in [-0.2, 0) is 24.0 Å². The first kappa shape index (κ1) is 26.6. The Labute approximate surface area is 230 Å². The molecule has 1 aromatic heterocycles. The molecule has 5 rings (SSSR count). The molecule has 0 saturated heterocycles. The van der Waals surface area contributed by atoms with Crippen molar-refractivity contribution in [2.24, 2.45) is 0 Å². The van der Waals surface area contributed by atoms with Gasteiger partial charge in [0, 0.05) is 42.5 Å². The van der Waals surface area contributed by atoms with Gasteiger partial charge in [-0.3, -0.25) is 10.1 Å². The molecular weight excluding hydrogens is 486 g/mol. The Morgan fingerprint density at radius 1 is 0.974 bits per heavy atom. The van der Waals surface area contributed by atoms with E-state index in [0.717, 1.165) is 60.0 Å². The summed E-state index contributed by atoms with van der Waals surface area (Å²) in [6.07, 6.45) is 12.7. The van der Waals surface area contributed by atoms with Crippen LogP contribution < -0.4 is 0 Å². The molecule has 1 unspecified atom stereocenters. The van der Waals surface area contributed by atoms with Gasteiger partial charge in [0.05, 0.1) is 10.5 Å². The summed E-state index contributed by atoms with van der Waals surface area (Å²) in [6.45, 7) is 2.84. The smallest absolute Gasteiger partial charge is 0.270 e. The summed E-state index contributed by atoms with van der Waals surface area (Å²) in [6, 6.07) is 25.6. The van der Waals surface area contributed by atoms with Crippen LogP contribution in [0.5, 0.6) is 0 Å². The minimum atomic E-state index is -0.519. The number of non-ortho nitro benzene ring substituents is 1. The monoisotopic (exact) mass is 521 g/mol. The number of ether oxygens (including phenoxy) is 1. The first-order chi connectivity index (χ1) is 19.1. The largest absolute Gasteiger partial charge is 0.461 e. The summed E-state index contributed by atoms with van der Waals surface area (Å²) < 4.78 is 13.1. The molecule has 0 N–H and O–H groups in total. The van der Waals surface area contributed by atoms with Crippen molar-refractivity contribution in [2.75, 3.05) is 6.61 Å². The molecule has 5 nitrogen and oxygen atoms in total. The Morgan fingerprint density at radius 2 is 1.79 bits per heavy atom. The number of benzene rings is 3. The fourth-order valence-electron chi connectivity index (χ4n) is 5.34. The molecule has 0 spiro atoms. The first-order valence-corrected chi connectivity index (χ1v) is 13.9. The number of fused-ring (bicyclic) bond motifs is 1. The standard InChI is InChI=1S/C34H35NO4/c1-2-3-17-33-31(30-16-7-8-18-32(30)39-33)25-34(38-23-10-13-26-11-5-4-6-12-26)21-19-27(20-22-34)28-14-9-15-29(24-28)35(36)37/h4-9,11-12,14-16,18-21,24H,2-3,10,13,17,22-23,25H2,1H3. The molecule has 1 aliphatic rings. The quantitative estimate of drug-likeness (QED) is 0.106. The predicted molar refractivity (Wildman–Crippen MR) is 157 cm³/mol. The predicted octanol–water partition coefficient (Wildman–Crippen LogP) is 8.66. The number of allylic oxidation sites excluding steroid dienone is 2. The Kier molecular flexibility index (Phi) is 8.38.